The number of nitrogens with one attached hydrogen (secondary N) is 3. The minimum Gasteiger partial charge on any atom is -0.444 e. The van der Waals surface area contributed by atoms with Gasteiger partial charge in [0.2, 0.25) is 11.8 Å². The second kappa shape index (κ2) is 13.4. The number of carbonyl (C=O) groups is 4. The van der Waals surface area contributed by atoms with Gasteiger partial charge in [-0.25, -0.2) is 14.8 Å². The quantitative estimate of drug-likeness (QED) is 0.192. The molecule has 1 aromatic carbocycles. The second-order valence-electron chi connectivity index (χ2n) is 10.7. The molecule has 0 fully saturated rings. The van der Waals surface area contributed by atoms with Crippen molar-refractivity contribution in [1.29, 1.82) is 0 Å². The Bertz CT molecular complexity index is 1870. The maximum Gasteiger partial charge on any atom is 0.416 e. The lowest BCUT2D eigenvalue weighted by Gasteiger charge is -2.27. The lowest BCUT2D eigenvalue weighted by atomic mass is 10.0. The van der Waals surface area contributed by atoms with Crippen molar-refractivity contribution >= 4 is 35.3 Å². The van der Waals surface area contributed by atoms with Gasteiger partial charge in [-0.1, -0.05) is 12.0 Å². The lowest BCUT2D eigenvalue weighted by Crippen LogP contribution is -2.42. The number of benzene rings is 1. The van der Waals surface area contributed by atoms with Crippen molar-refractivity contribution in [3.8, 4) is 35.1 Å². The number of amides is 4. The van der Waals surface area contributed by atoms with Crippen LogP contribution in [0.2, 0.25) is 0 Å². The number of aromatic nitrogens is 4. The first-order valence-electron chi connectivity index (χ1n) is 13.6. The second-order valence-corrected chi connectivity index (χ2v) is 10.7. The summed E-state index contributed by atoms with van der Waals surface area (Å²) in [5, 5.41) is 11.7. The van der Waals surface area contributed by atoms with E-state index in [-0.39, 0.29) is 46.2 Å². The van der Waals surface area contributed by atoms with Crippen LogP contribution in [0.15, 0.2) is 53.4 Å². The summed E-state index contributed by atoms with van der Waals surface area (Å²) in [6.45, 7) is 2.77. The summed E-state index contributed by atoms with van der Waals surface area (Å²) >= 11 is 0. The van der Waals surface area contributed by atoms with Gasteiger partial charge in [-0.3, -0.25) is 24.4 Å². The molecule has 4 rings (SSSR count). The summed E-state index contributed by atoms with van der Waals surface area (Å²) in [5.74, 6) is -0.552. The minimum atomic E-state index is -4.77. The summed E-state index contributed by atoms with van der Waals surface area (Å²) in [7, 11) is 0. The van der Waals surface area contributed by atoms with Crippen LogP contribution in [0.1, 0.15) is 52.0 Å². The van der Waals surface area contributed by atoms with E-state index in [0.29, 0.717) is 10.5 Å². The highest BCUT2D eigenvalue weighted by atomic mass is 19.4. The van der Waals surface area contributed by atoms with Crippen molar-refractivity contribution in [2.45, 2.75) is 32.5 Å². The molecule has 0 saturated carbocycles. The first-order valence-corrected chi connectivity index (χ1v) is 13.6. The molecule has 0 bridgehead atoms. The molecule has 3 aromatic heterocycles. The smallest absolute Gasteiger partial charge is 0.416 e. The van der Waals surface area contributed by atoms with Crippen LogP contribution in [-0.4, -0.2) is 68.8 Å². The SMILES string of the molecule is C#CCNC(=O)c1ccc(-c2[nH]ncc2NC(=O)c2coc(-c3ccnc(N(CC(F)(F)F)C(=O)OC(C)(C)C)c3)n2)cc1C(N)=O. The summed E-state index contributed by atoms with van der Waals surface area (Å²) in [6.07, 6.45) is 2.57. The zero-order chi connectivity index (χ0) is 34.5. The summed E-state index contributed by atoms with van der Waals surface area (Å²) < 4.78 is 50.5. The van der Waals surface area contributed by atoms with Gasteiger partial charge >= 0.3 is 12.3 Å². The molecule has 4 amide bonds. The van der Waals surface area contributed by atoms with Crippen molar-refractivity contribution in [3.63, 3.8) is 0 Å². The van der Waals surface area contributed by atoms with Gasteiger partial charge in [0.1, 0.15) is 24.2 Å². The highest BCUT2D eigenvalue weighted by Crippen LogP contribution is 2.30. The number of nitrogens with zero attached hydrogens (tertiary/aromatic N) is 4. The Morgan fingerprint density at radius 2 is 1.83 bits per heavy atom. The minimum absolute atomic E-state index is 0.0105. The first kappa shape index (κ1) is 33.7. The molecule has 0 saturated heterocycles. The van der Waals surface area contributed by atoms with E-state index < -0.39 is 48.0 Å². The number of anilines is 2. The maximum absolute atomic E-state index is 13.3. The van der Waals surface area contributed by atoms with Crippen LogP contribution >= 0.6 is 0 Å². The summed E-state index contributed by atoms with van der Waals surface area (Å²) in [6, 6.07) is 6.68. The third kappa shape index (κ3) is 8.51. The van der Waals surface area contributed by atoms with Gasteiger partial charge in [0.15, 0.2) is 5.69 Å². The molecular formula is C30H27F3N8O6. The van der Waals surface area contributed by atoms with E-state index in [2.05, 4.69) is 36.7 Å². The van der Waals surface area contributed by atoms with Crippen molar-refractivity contribution in [2.75, 3.05) is 23.3 Å². The molecule has 4 aromatic rings. The van der Waals surface area contributed by atoms with Crippen molar-refractivity contribution in [2.24, 2.45) is 5.73 Å². The number of pyridine rings is 1. The Labute approximate surface area is 264 Å². The number of primary amides is 1. The molecule has 0 atom stereocenters. The Morgan fingerprint density at radius 3 is 2.49 bits per heavy atom. The number of alkyl halides is 3. The summed E-state index contributed by atoms with van der Waals surface area (Å²) in [5.41, 5.74) is 4.94. The molecule has 14 nitrogen and oxygen atoms in total. The number of hydrogen-bond donors (Lipinski definition) is 4. The average molecular weight is 653 g/mol. The highest BCUT2D eigenvalue weighted by molar-refractivity contribution is 6.08. The number of hydrogen-bond acceptors (Lipinski definition) is 9. The monoisotopic (exact) mass is 652 g/mol. The lowest BCUT2D eigenvalue weighted by molar-refractivity contribution is -0.119. The van der Waals surface area contributed by atoms with Crippen LogP contribution in [0.3, 0.4) is 0 Å². The molecule has 0 aliphatic heterocycles. The van der Waals surface area contributed by atoms with Gasteiger partial charge in [0.25, 0.3) is 11.8 Å². The number of oxazole rings is 1. The van der Waals surface area contributed by atoms with Crippen LogP contribution in [0.25, 0.3) is 22.7 Å². The number of terminal acetylenes is 1. The normalized spacial score (nSPS) is 11.3. The average Bonchev–Trinajstić information content (AvgIpc) is 3.67. The van der Waals surface area contributed by atoms with Crippen LogP contribution in [0, 0.1) is 12.3 Å². The van der Waals surface area contributed by atoms with Gasteiger partial charge < -0.3 is 25.5 Å². The van der Waals surface area contributed by atoms with Gasteiger partial charge in [0, 0.05) is 17.3 Å². The molecule has 0 aliphatic carbocycles. The van der Waals surface area contributed by atoms with E-state index in [1.54, 1.807) is 0 Å². The Morgan fingerprint density at radius 1 is 1.09 bits per heavy atom. The van der Waals surface area contributed by atoms with Crippen LogP contribution < -0.4 is 21.3 Å². The molecule has 3 heterocycles. The van der Waals surface area contributed by atoms with E-state index in [4.69, 9.17) is 21.3 Å². The molecule has 0 spiro atoms. The van der Waals surface area contributed by atoms with Gasteiger partial charge in [-0.2, -0.15) is 18.3 Å². The molecule has 0 radical (unpaired) electrons. The number of aromatic amines is 1. The number of ether oxygens (including phenoxy) is 1. The molecular weight excluding hydrogens is 625 g/mol. The zero-order valence-corrected chi connectivity index (χ0v) is 25.1. The molecule has 17 heteroatoms. The molecule has 47 heavy (non-hydrogen) atoms. The fourth-order valence-corrected chi connectivity index (χ4v) is 4.06. The van der Waals surface area contributed by atoms with E-state index in [1.807, 2.05) is 0 Å². The Kier molecular flexibility index (Phi) is 9.64. The standard InChI is InChI=1S/C30H27F3N8O6/c1-5-9-36-25(43)18-7-6-16(11-19(18)24(34)42)23-20(13-37-40-23)38-26(44)21-14-46-27(39-21)17-8-10-35-22(12-17)41(15-30(31,32)33)28(45)47-29(2,3)4/h1,6-8,10-14H,9,15H2,2-4H3,(H2,34,42)(H,36,43)(H,37,40)(H,38,44). The van der Waals surface area contributed by atoms with Crippen LogP contribution in [-0.2, 0) is 4.74 Å². The molecule has 244 valence electrons. The van der Waals surface area contributed by atoms with E-state index in [1.165, 1.54) is 51.2 Å². The van der Waals surface area contributed by atoms with Crippen molar-refractivity contribution < 1.29 is 41.5 Å². The third-order valence-corrected chi connectivity index (χ3v) is 6.01. The topological polar surface area (TPSA) is 198 Å². The fourth-order valence-electron chi connectivity index (χ4n) is 4.06. The molecule has 0 aliphatic rings. The van der Waals surface area contributed by atoms with Crippen molar-refractivity contribution in [1.82, 2.24) is 25.5 Å². The molecule has 0 unspecified atom stereocenters. The Hall–Kier alpha value is -6.18. The summed E-state index contributed by atoms with van der Waals surface area (Å²) in [4.78, 5) is 58.5. The predicted octanol–water partition coefficient (Wildman–Crippen LogP) is 4.14. The zero-order valence-electron chi connectivity index (χ0n) is 25.1. The maximum atomic E-state index is 13.3. The number of nitrogens with two attached hydrogens (primary N) is 1. The van der Waals surface area contributed by atoms with Gasteiger partial charge in [-0.05, 0) is 45.0 Å². The number of carbonyl (C=O) groups excluding carboxylic acids is 4. The molecule has 5 N–H and O–H groups in total. The largest absolute Gasteiger partial charge is 0.444 e. The fraction of sp³-hybridized carbons (Fsp3) is 0.233. The van der Waals surface area contributed by atoms with Crippen molar-refractivity contribution in [3.05, 3.63) is 65.8 Å². The Balaban J connectivity index is 1.57. The first-order chi connectivity index (χ1) is 22.1. The van der Waals surface area contributed by atoms with E-state index in [0.717, 1.165) is 18.5 Å². The van der Waals surface area contributed by atoms with Gasteiger partial charge in [0.05, 0.1) is 35.2 Å². The van der Waals surface area contributed by atoms with Crippen LogP contribution in [0.5, 0.6) is 0 Å². The highest BCUT2D eigenvalue weighted by Gasteiger charge is 2.37. The van der Waals surface area contributed by atoms with Crippen LogP contribution in [0.4, 0.5) is 29.5 Å². The van der Waals surface area contributed by atoms with Gasteiger partial charge in [-0.15, -0.1) is 6.42 Å². The van der Waals surface area contributed by atoms with E-state index in [9.17, 15) is 32.3 Å². The van der Waals surface area contributed by atoms with E-state index >= 15 is 0 Å². The number of H-pyrrole nitrogens is 1. The third-order valence-electron chi connectivity index (χ3n) is 6.01. The number of halogens is 3. The number of rotatable bonds is 9. The predicted molar refractivity (Wildman–Crippen MR) is 161 cm³/mol.